The van der Waals surface area contributed by atoms with Crippen LogP contribution < -0.4 is 10.1 Å². The van der Waals surface area contributed by atoms with Gasteiger partial charge < -0.3 is 15.2 Å². The number of carbonyl (C=O) groups excluding carboxylic acids is 1. The van der Waals surface area contributed by atoms with E-state index in [1.165, 1.54) is 0 Å². The molecule has 0 fully saturated rings. The summed E-state index contributed by atoms with van der Waals surface area (Å²) < 4.78 is 5.69. The lowest BCUT2D eigenvalue weighted by atomic mass is 10.1. The Morgan fingerprint density at radius 3 is 2.80 bits per heavy atom. The van der Waals surface area contributed by atoms with Gasteiger partial charge in [-0.05, 0) is 63.8 Å². The molecule has 1 amide bonds. The third kappa shape index (κ3) is 3.51. The smallest absolute Gasteiger partial charge is 0.261 e. The van der Waals surface area contributed by atoms with Crippen molar-refractivity contribution in [2.24, 2.45) is 0 Å². The molecule has 0 saturated heterocycles. The van der Waals surface area contributed by atoms with Gasteiger partial charge in [0.2, 0.25) is 0 Å². The van der Waals surface area contributed by atoms with E-state index in [4.69, 9.17) is 4.74 Å². The number of carbonyl (C=O) groups is 1. The van der Waals surface area contributed by atoms with E-state index in [1.807, 2.05) is 39.0 Å². The lowest BCUT2D eigenvalue weighted by Crippen LogP contribution is -2.46. The van der Waals surface area contributed by atoms with Gasteiger partial charge in [0, 0.05) is 5.54 Å². The summed E-state index contributed by atoms with van der Waals surface area (Å²) in [4.78, 5) is 12.0. The Kier molecular flexibility index (Phi) is 4.04. The molecule has 2 atom stereocenters. The number of hydrogen-bond acceptors (Lipinski definition) is 3. The zero-order valence-electron chi connectivity index (χ0n) is 12.6. The van der Waals surface area contributed by atoms with Crippen LogP contribution in [0.3, 0.4) is 0 Å². The van der Waals surface area contributed by atoms with Crippen LogP contribution in [0.1, 0.15) is 51.3 Å². The summed E-state index contributed by atoms with van der Waals surface area (Å²) in [6.45, 7) is 7.56. The molecule has 0 bridgehead atoms. The molecular formula is C16H23NO3. The van der Waals surface area contributed by atoms with Crippen molar-refractivity contribution in [1.82, 2.24) is 5.32 Å². The van der Waals surface area contributed by atoms with Crippen LogP contribution in [0.5, 0.6) is 5.75 Å². The van der Waals surface area contributed by atoms with E-state index in [0.717, 1.165) is 24.0 Å². The van der Waals surface area contributed by atoms with Crippen LogP contribution in [0, 0.1) is 0 Å². The number of nitrogens with one attached hydrogen (secondary N) is 1. The van der Waals surface area contributed by atoms with Gasteiger partial charge in [0.1, 0.15) is 5.75 Å². The number of ether oxygens (including phenoxy) is 1. The fraction of sp³-hybridized carbons (Fsp3) is 0.562. The van der Waals surface area contributed by atoms with E-state index in [2.05, 4.69) is 5.32 Å². The van der Waals surface area contributed by atoms with Crippen molar-refractivity contribution >= 4 is 5.91 Å². The monoisotopic (exact) mass is 277 g/mol. The van der Waals surface area contributed by atoms with Crippen molar-refractivity contribution < 1.29 is 14.6 Å². The first-order valence-electron chi connectivity index (χ1n) is 7.06. The van der Waals surface area contributed by atoms with Crippen molar-refractivity contribution in [1.29, 1.82) is 0 Å². The third-order valence-corrected chi connectivity index (χ3v) is 3.34. The first-order valence-corrected chi connectivity index (χ1v) is 7.06. The summed E-state index contributed by atoms with van der Waals surface area (Å²) in [6, 6.07) is 5.62. The molecule has 4 nitrogen and oxygen atoms in total. The molecule has 0 radical (unpaired) electrons. The predicted octanol–water partition coefficient (Wildman–Crippen LogP) is 2.35. The zero-order valence-corrected chi connectivity index (χ0v) is 12.6. The van der Waals surface area contributed by atoms with Crippen molar-refractivity contribution in [3.8, 4) is 5.75 Å². The summed E-state index contributed by atoms with van der Waals surface area (Å²) in [6.07, 6.45) is 0.717. The van der Waals surface area contributed by atoms with Crippen LogP contribution in [0.15, 0.2) is 18.2 Å². The number of hydrogen-bond donors (Lipinski definition) is 2. The molecule has 1 aromatic carbocycles. The highest BCUT2D eigenvalue weighted by Gasteiger charge is 2.23. The highest BCUT2D eigenvalue weighted by Crippen LogP contribution is 2.33. The van der Waals surface area contributed by atoms with Crippen molar-refractivity contribution in [2.75, 3.05) is 0 Å². The Balaban J connectivity index is 2.02. The minimum absolute atomic E-state index is 0.127. The van der Waals surface area contributed by atoms with Crippen LogP contribution in [-0.2, 0) is 11.2 Å². The molecule has 20 heavy (non-hydrogen) atoms. The van der Waals surface area contributed by atoms with Gasteiger partial charge in [0.25, 0.3) is 5.91 Å². The normalized spacial score (nSPS) is 19.4. The van der Waals surface area contributed by atoms with E-state index in [-0.39, 0.29) is 17.6 Å². The minimum Gasteiger partial charge on any atom is -0.481 e. The molecule has 0 aliphatic heterocycles. The second kappa shape index (κ2) is 5.44. The third-order valence-electron chi connectivity index (χ3n) is 3.34. The first kappa shape index (κ1) is 14.9. The zero-order chi connectivity index (χ0) is 14.9. The topological polar surface area (TPSA) is 58.6 Å². The Morgan fingerprint density at radius 2 is 2.15 bits per heavy atom. The van der Waals surface area contributed by atoms with E-state index in [1.54, 1.807) is 6.92 Å². The SMILES string of the molecule is CC(Oc1ccc2c(c1)CCC2O)C(=O)NC(C)(C)C. The Bertz CT molecular complexity index is 505. The molecule has 1 aliphatic rings. The fourth-order valence-corrected chi connectivity index (χ4v) is 2.37. The number of aryl methyl sites for hydroxylation is 1. The van der Waals surface area contributed by atoms with Crippen LogP contribution in [0.25, 0.3) is 0 Å². The number of aliphatic hydroxyl groups is 1. The van der Waals surface area contributed by atoms with Gasteiger partial charge >= 0.3 is 0 Å². The van der Waals surface area contributed by atoms with Crippen molar-refractivity contribution in [2.45, 2.75) is 58.3 Å². The molecule has 0 aromatic heterocycles. The van der Waals surface area contributed by atoms with E-state index in [9.17, 15) is 9.90 Å². The van der Waals surface area contributed by atoms with Crippen molar-refractivity contribution in [3.63, 3.8) is 0 Å². The number of amides is 1. The molecule has 4 heteroatoms. The minimum atomic E-state index is -0.543. The highest BCUT2D eigenvalue weighted by atomic mass is 16.5. The lowest BCUT2D eigenvalue weighted by Gasteiger charge is -2.23. The molecule has 1 aromatic rings. The highest BCUT2D eigenvalue weighted by molar-refractivity contribution is 5.81. The first-order chi connectivity index (χ1) is 9.26. The fourth-order valence-electron chi connectivity index (χ4n) is 2.37. The van der Waals surface area contributed by atoms with Crippen LogP contribution in [0.4, 0.5) is 0 Å². The Labute approximate surface area is 120 Å². The summed E-state index contributed by atoms with van der Waals surface area (Å²) >= 11 is 0. The van der Waals surface area contributed by atoms with Gasteiger partial charge in [0.05, 0.1) is 6.10 Å². The molecule has 0 heterocycles. The number of fused-ring (bicyclic) bond motifs is 1. The lowest BCUT2D eigenvalue weighted by molar-refractivity contribution is -0.128. The molecule has 2 rings (SSSR count). The molecule has 1 aliphatic carbocycles. The quantitative estimate of drug-likeness (QED) is 0.891. The van der Waals surface area contributed by atoms with E-state index in [0.29, 0.717) is 5.75 Å². The summed E-state index contributed by atoms with van der Waals surface area (Å²) in [5.74, 6) is 0.549. The van der Waals surface area contributed by atoms with Gasteiger partial charge in [-0.2, -0.15) is 0 Å². The second-order valence-corrected chi connectivity index (χ2v) is 6.41. The molecule has 2 unspecified atom stereocenters. The van der Waals surface area contributed by atoms with Gasteiger partial charge in [-0.3, -0.25) is 4.79 Å². The molecule has 0 saturated carbocycles. The maximum atomic E-state index is 12.0. The number of aliphatic hydroxyl groups excluding tert-OH is 1. The standard InChI is InChI=1S/C16H23NO3/c1-10(15(19)17-16(2,3)4)20-12-6-7-13-11(9-12)5-8-14(13)18/h6-7,9-10,14,18H,5,8H2,1-4H3,(H,17,19). The van der Waals surface area contributed by atoms with Gasteiger partial charge in [-0.15, -0.1) is 0 Å². The number of rotatable bonds is 3. The average Bonchev–Trinajstić information content (AvgIpc) is 2.68. The molecular weight excluding hydrogens is 254 g/mol. The van der Waals surface area contributed by atoms with Gasteiger partial charge in [0.15, 0.2) is 6.10 Å². The Hall–Kier alpha value is -1.55. The molecule has 0 spiro atoms. The van der Waals surface area contributed by atoms with E-state index < -0.39 is 6.10 Å². The maximum absolute atomic E-state index is 12.0. The summed E-state index contributed by atoms with van der Waals surface area (Å²) in [7, 11) is 0. The summed E-state index contributed by atoms with van der Waals surface area (Å²) in [5.41, 5.74) is 1.82. The predicted molar refractivity (Wildman–Crippen MR) is 77.7 cm³/mol. The Morgan fingerprint density at radius 1 is 1.45 bits per heavy atom. The molecule has 2 N–H and O–H groups in total. The van der Waals surface area contributed by atoms with Crippen molar-refractivity contribution in [3.05, 3.63) is 29.3 Å². The second-order valence-electron chi connectivity index (χ2n) is 6.41. The average molecular weight is 277 g/mol. The van der Waals surface area contributed by atoms with Crippen LogP contribution in [0.2, 0.25) is 0 Å². The van der Waals surface area contributed by atoms with E-state index >= 15 is 0 Å². The summed E-state index contributed by atoms with van der Waals surface area (Å²) in [5, 5.41) is 12.7. The molecule has 110 valence electrons. The van der Waals surface area contributed by atoms with Gasteiger partial charge in [-0.25, -0.2) is 0 Å². The largest absolute Gasteiger partial charge is 0.481 e. The van der Waals surface area contributed by atoms with Crippen LogP contribution >= 0.6 is 0 Å². The number of benzene rings is 1. The van der Waals surface area contributed by atoms with Crippen LogP contribution in [-0.4, -0.2) is 22.7 Å². The van der Waals surface area contributed by atoms with Gasteiger partial charge in [-0.1, -0.05) is 6.07 Å². The maximum Gasteiger partial charge on any atom is 0.261 e.